The van der Waals surface area contributed by atoms with Gasteiger partial charge in [0.2, 0.25) is 6.79 Å². The summed E-state index contributed by atoms with van der Waals surface area (Å²) in [6.45, 7) is 1.17. The van der Waals surface area contributed by atoms with Gasteiger partial charge in [-0.15, -0.1) is 0 Å². The van der Waals surface area contributed by atoms with Gasteiger partial charge in [-0.25, -0.2) is 4.79 Å². The van der Waals surface area contributed by atoms with Crippen molar-refractivity contribution in [3.63, 3.8) is 0 Å². The molecule has 8 atom stereocenters. The number of methoxy groups -OCH3 is 2. The first-order chi connectivity index (χ1) is 22.1. The average molecular weight is 648 g/mol. The van der Waals surface area contributed by atoms with Crippen molar-refractivity contribution in [2.75, 3.05) is 47.3 Å². The van der Waals surface area contributed by atoms with Crippen molar-refractivity contribution in [3.8, 4) is 11.5 Å². The lowest BCUT2D eigenvalue weighted by molar-refractivity contribution is -0.177. The van der Waals surface area contributed by atoms with Gasteiger partial charge in [0.1, 0.15) is 24.1 Å². The Balaban J connectivity index is 1.23. The van der Waals surface area contributed by atoms with Gasteiger partial charge in [0.25, 0.3) is 0 Å². The lowest BCUT2D eigenvalue weighted by Gasteiger charge is -2.39. The highest BCUT2D eigenvalue weighted by Crippen LogP contribution is 2.55. The highest BCUT2D eigenvalue weighted by molar-refractivity contribution is 5.86. The van der Waals surface area contributed by atoms with Crippen LogP contribution in [0.1, 0.15) is 42.7 Å². The molecule has 6 rings (SSSR count). The first kappa shape index (κ1) is 32.7. The summed E-state index contributed by atoms with van der Waals surface area (Å²) < 4.78 is 38.8. The second kappa shape index (κ2) is 13.1. The van der Waals surface area contributed by atoms with Crippen molar-refractivity contribution in [1.82, 2.24) is 4.90 Å². The molecule has 1 aromatic rings. The van der Waals surface area contributed by atoms with E-state index in [1.807, 2.05) is 18.2 Å². The number of fused-ring (bicyclic) bond motifs is 3. The molecule has 1 aromatic carbocycles. The smallest absolute Gasteiger partial charge is 0.339 e. The second-order valence-electron chi connectivity index (χ2n) is 12.3. The number of rotatable bonds is 11. The first-order valence-electron chi connectivity index (χ1n) is 15.5. The van der Waals surface area contributed by atoms with Crippen LogP contribution >= 0.6 is 0 Å². The molecular weight excluding hydrogens is 606 g/mol. The fourth-order valence-corrected chi connectivity index (χ4v) is 7.36. The van der Waals surface area contributed by atoms with Crippen LogP contribution in [-0.2, 0) is 39.7 Å². The van der Waals surface area contributed by atoms with Crippen LogP contribution in [-0.4, -0.2) is 126 Å². The zero-order valence-corrected chi connectivity index (χ0v) is 25.8. The number of esters is 2. The fourth-order valence-electron chi connectivity index (χ4n) is 7.36. The van der Waals surface area contributed by atoms with Crippen molar-refractivity contribution in [2.45, 2.75) is 79.9 Å². The Kier molecular flexibility index (Phi) is 9.31. The molecular formula is C32H41NO13. The van der Waals surface area contributed by atoms with Gasteiger partial charge in [-0.2, -0.15) is 0 Å². The topological polar surface area (TPSA) is 183 Å². The molecule has 4 heterocycles. The highest BCUT2D eigenvalue weighted by atomic mass is 16.7. The van der Waals surface area contributed by atoms with Crippen molar-refractivity contribution in [3.05, 3.63) is 47.2 Å². The predicted octanol–water partition coefficient (Wildman–Crippen LogP) is 0.0414. The third-order valence-electron chi connectivity index (χ3n) is 9.72. The zero-order chi connectivity index (χ0) is 32.6. The van der Waals surface area contributed by atoms with Crippen molar-refractivity contribution in [2.24, 2.45) is 0 Å². The summed E-state index contributed by atoms with van der Waals surface area (Å²) >= 11 is 0. The van der Waals surface area contributed by atoms with E-state index in [1.54, 1.807) is 0 Å². The fraction of sp³-hybridized carbons (Fsp3) is 0.625. The van der Waals surface area contributed by atoms with Gasteiger partial charge < -0.3 is 53.6 Å². The Bertz CT molecular complexity index is 1380. The SMILES string of the molecule is COC(=O)C[C@](O)(CC=CCOC1OC(CO)C(O)C1O)C(=O)O[C@@H]1C(OC)=C[C@]23CCCN2CCc2cc4c(cc2[C@H]13)OCO4. The van der Waals surface area contributed by atoms with Gasteiger partial charge in [0.15, 0.2) is 29.5 Å². The van der Waals surface area contributed by atoms with E-state index in [0.29, 0.717) is 17.3 Å². The highest BCUT2D eigenvalue weighted by Gasteiger charge is 2.59. The number of carbonyl (C=O) groups excluding carboxylic acids is 2. The molecule has 4 N–H and O–H groups in total. The number of ether oxygens (including phenoxy) is 7. The molecule has 0 bridgehead atoms. The number of benzene rings is 1. The summed E-state index contributed by atoms with van der Waals surface area (Å²) in [6, 6.07) is 3.94. The number of hydrogen-bond donors (Lipinski definition) is 4. The molecule has 0 radical (unpaired) electrons. The molecule has 0 saturated carbocycles. The van der Waals surface area contributed by atoms with Crippen LogP contribution in [0.25, 0.3) is 0 Å². The van der Waals surface area contributed by atoms with Crippen LogP contribution in [0.15, 0.2) is 36.1 Å². The molecule has 1 spiro atoms. The summed E-state index contributed by atoms with van der Waals surface area (Å²) in [6.07, 6.45) is 0.752. The van der Waals surface area contributed by atoms with Crippen LogP contribution in [0.4, 0.5) is 0 Å². The van der Waals surface area contributed by atoms with Gasteiger partial charge in [0.05, 0.1) is 45.3 Å². The van der Waals surface area contributed by atoms with Crippen LogP contribution in [0.3, 0.4) is 0 Å². The number of nitrogens with zero attached hydrogens (tertiary/aromatic N) is 1. The molecule has 14 nitrogen and oxygen atoms in total. The van der Waals surface area contributed by atoms with Crippen LogP contribution in [0.5, 0.6) is 11.5 Å². The monoisotopic (exact) mass is 647 g/mol. The standard InChI is InChI=1S/C32H41NO13/c1-40-22-14-31-7-5-9-33(31)10-6-18-12-20-21(44-17-43-20)13-19(18)25(31)28(22)46-30(38)32(39,15-24(35)41-2)8-3-4-11-42-29-27(37)26(36)23(16-34)45-29/h3-4,12-14,23,25-29,34,36-37,39H,5-11,15-17H2,1-2H3/t23?,25-,26?,27?,28-,29?,31+,32-/m1/s1. The van der Waals surface area contributed by atoms with Crippen molar-refractivity contribution < 1.29 is 63.2 Å². The van der Waals surface area contributed by atoms with E-state index >= 15 is 0 Å². The van der Waals surface area contributed by atoms with Gasteiger partial charge in [-0.05, 0) is 55.1 Å². The number of hydrogen-bond acceptors (Lipinski definition) is 14. The number of carbonyl (C=O) groups is 2. The zero-order valence-electron chi connectivity index (χ0n) is 25.8. The largest absolute Gasteiger partial charge is 0.497 e. The Labute approximate surface area is 266 Å². The lowest BCUT2D eigenvalue weighted by Crippen LogP contribution is -2.49. The predicted molar refractivity (Wildman–Crippen MR) is 157 cm³/mol. The summed E-state index contributed by atoms with van der Waals surface area (Å²) in [4.78, 5) is 28.7. The van der Waals surface area contributed by atoms with E-state index in [2.05, 4.69) is 4.90 Å². The van der Waals surface area contributed by atoms with E-state index in [9.17, 15) is 30.0 Å². The maximum atomic E-state index is 13.9. The molecule has 2 saturated heterocycles. The first-order valence-corrected chi connectivity index (χ1v) is 15.5. The van der Waals surface area contributed by atoms with E-state index in [0.717, 1.165) is 50.6 Å². The van der Waals surface area contributed by atoms with Crippen LogP contribution in [0, 0.1) is 0 Å². The molecule has 4 aliphatic heterocycles. The van der Waals surface area contributed by atoms with E-state index in [4.69, 9.17) is 33.2 Å². The number of aliphatic hydroxyl groups excluding tert-OH is 3. The van der Waals surface area contributed by atoms with E-state index in [-0.39, 0.29) is 25.7 Å². The minimum Gasteiger partial charge on any atom is -0.497 e. The van der Waals surface area contributed by atoms with Gasteiger partial charge in [-0.3, -0.25) is 9.69 Å². The number of aliphatic hydroxyl groups is 4. The molecule has 46 heavy (non-hydrogen) atoms. The molecule has 14 heteroatoms. The van der Waals surface area contributed by atoms with Crippen molar-refractivity contribution in [1.29, 1.82) is 0 Å². The summed E-state index contributed by atoms with van der Waals surface area (Å²) in [5, 5.41) is 40.8. The van der Waals surface area contributed by atoms with E-state index < -0.39 is 66.8 Å². The van der Waals surface area contributed by atoms with E-state index in [1.165, 1.54) is 19.3 Å². The molecule has 4 unspecified atom stereocenters. The third-order valence-corrected chi connectivity index (χ3v) is 9.72. The summed E-state index contributed by atoms with van der Waals surface area (Å²) in [5.74, 6) is -0.462. The van der Waals surface area contributed by atoms with Gasteiger partial charge >= 0.3 is 11.9 Å². The molecule has 1 aliphatic carbocycles. The van der Waals surface area contributed by atoms with Gasteiger partial charge in [0, 0.05) is 13.0 Å². The normalized spacial score (nSPS) is 32.7. The molecule has 5 aliphatic rings. The average Bonchev–Trinajstić information content (AvgIpc) is 3.80. The minimum atomic E-state index is -2.29. The lowest BCUT2D eigenvalue weighted by atomic mass is 9.77. The Morgan fingerprint density at radius 1 is 1.13 bits per heavy atom. The third kappa shape index (κ3) is 5.76. The quantitative estimate of drug-likeness (QED) is 0.187. The molecule has 0 amide bonds. The van der Waals surface area contributed by atoms with Crippen LogP contribution in [0.2, 0.25) is 0 Å². The maximum Gasteiger partial charge on any atom is 0.339 e. The Morgan fingerprint density at radius 3 is 2.63 bits per heavy atom. The second-order valence-corrected chi connectivity index (χ2v) is 12.3. The molecule has 252 valence electrons. The van der Waals surface area contributed by atoms with Crippen molar-refractivity contribution >= 4 is 11.9 Å². The maximum absolute atomic E-state index is 13.9. The van der Waals surface area contributed by atoms with Gasteiger partial charge in [-0.1, -0.05) is 12.2 Å². The van der Waals surface area contributed by atoms with Crippen LogP contribution < -0.4 is 9.47 Å². The minimum absolute atomic E-state index is 0.123. The summed E-state index contributed by atoms with van der Waals surface area (Å²) in [7, 11) is 2.68. The molecule has 0 aromatic heterocycles. The molecule has 2 fully saturated rings. The Morgan fingerprint density at radius 2 is 1.91 bits per heavy atom. The Hall–Kier alpha value is -3.24. The summed E-state index contributed by atoms with van der Waals surface area (Å²) in [5.41, 5.74) is -0.773.